The summed E-state index contributed by atoms with van der Waals surface area (Å²) in [4.78, 5) is 23.2. The predicted octanol–water partition coefficient (Wildman–Crippen LogP) is 1.79. The molecule has 0 aliphatic rings. The second-order valence-corrected chi connectivity index (χ2v) is 5.22. The zero-order valence-corrected chi connectivity index (χ0v) is 12.8. The minimum Gasteiger partial charge on any atom is -0.399 e. The number of nitrogens with two attached hydrogens (primary N) is 1. The molecular weight excluding hydrogens is 266 g/mol. The van der Waals surface area contributed by atoms with Gasteiger partial charge in [-0.05, 0) is 30.0 Å². The number of nitrogen functional groups attached to an aromatic ring is 1. The lowest BCUT2D eigenvalue weighted by Gasteiger charge is -2.12. The normalized spacial score (nSPS) is 11.7. The van der Waals surface area contributed by atoms with Gasteiger partial charge in [0.1, 0.15) is 0 Å². The Hall–Kier alpha value is -2.04. The Morgan fingerprint density at radius 1 is 1.10 bits per heavy atom. The number of carbonyl (C=O) groups excluding carboxylic acids is 2. The molecule has 4 N–H and O–H groups in total. The Balaban J connectivity index is 2.27. The van der Waals surface area contributed by atoms with Crippen molar-refractivity contribution >= 4 is 17.5 Å². The molecule has 0 aliphatic heterocycles. The van der Waals surface area contributed by atoms with Crippen LogP contribution in [0.1, 0.15) is 44.6 Å². The lowest BCUT2D eigenvalue weighted by Crippen LogP contribution is -2.31. The molecule has 0 fully saturated rings. The fraction of sp³-hybridized carbons (Fsp3) is 0.500. The monoisotopic (exact) mass is 291 g/mol. The number of nitrogens with one attached hydrogen (secondary N) is 2. The summed E-state index contributed by atoms with van der Waals surface area (Å²) in [6.07, 6.45) is 1.64. The van der Waals surface area contributed by atoms with Gasteiger partial charge in [-0.3, -0.25) is 9.59 Å². The second kappa shape index (κ2) is 9.00. The summed E-state index contributed by atoms with van der Waals surface area (Å²) in [5.74, 6) is 0.0610. The van der Waals surface area contributed by atoms with Gasteiger partial charge >= 0.3 is 0 Å². The molecule has 0 saturated heterocycles. The summed E-state index contributed by atoms with van der Waals surface area (Å²) in [6, 6.07) is 7.54. The van der Waals surface area contributed by atoms with E-state index in [0.29, 0.717) is 31.6 Å². The summed E-state index contributed by atoms with van der Waals surface area (Å²) in [5.41, 5.74) is 7.44. The zero-order chi connectivity index (χ0) is 15.7. The smallest absolute Gasteiger partial charge is 0.221 e. The predicted molar refractivity (Wildman–Crippen MR) is 84.8 cm³/mol. The third-order valence-electron chi connectivity index (χ3n) is 3.24. The number of carbonyl (C=O) groups is 2. The average molecular weight is 291 g/mol. The number of hydrogen-bond donors (Lipinski definition) is 3. The van der Waals surface area contributed by atoms with Gasteiger partial charge < -0.3 is 16.4 Å². The Morgan fingerprint density at radius 2 is 1.71 bits per heavy atom. The summed E-state index contributed by atoms with van der Waals surface area (Å²) in [7, 11) is 0. The van der Waals surface area contributed by atoms with Gasteiger partial charge in [0.2, 0.25) is 11.8 Å². The molecule has 0 radical (unpaired) electrons. The SMILES string of the molecule is CCCNC(=O)CCNC(=O)CC(C)c1ccc(N)cc1. The summed E-state index contributed by atoms with van der Waals surface area (Å²) < 4.78 is 0. The highest BCUT2D eigenvalue weighted by Gasteiger charge is 2.11. The molecule has 0 spiro atoms. The molecule has 5 nitrogen and oxygen atoms in total. The van der Waals surface area contributed by atoms with E-state index >= 15 is 0 Å². The minimum atomic E-state index is -0.0392. The molecule has 116 valence electrons. The topological polar surface area (TPSA) is 84.2 Å². The molecule has 1 unspecified atom stereocenters. The maximum Gasteiger partial charge on any atom is 0.221 e. The van der Waals surface area contributed by atoms with Crippen LogP contribution in [0.4, 0.5) is 5.69 Å². The molecule has 1 rings (SSSR count). The van der Waals surface area contributed by atoms with Crippen molar-refractivity contribution in [2.45, 2.75) is 39.0 Å². The number of hydrogen-bond acceptors (Lipinski definition) is 3. The van der Waals surface area contributed by atoms with Gasteiger partial charge in [-0.2, -0.15) is 0 Å². The molecule has 21 heavy (non-hydrogen) atoms. The molecule has 0 aromatic heterocycles. The average Bonchev–Trinajstić information content (AvgIpc) is 2.45. The van der Waals surface area contributed by atoms with E-state index in [2.05, 4.69) is 10.6 Å². The highest BCUT2D eigenvalue weighted by Crippen LogP contribution is 2.19. The molecule has 1 atom stereocenters. The Labute approximate surface area is 126 Å². The van der Waals surface area contributed by atoms with Crippen molar-refractivity contribution in [3.63, 3.8) is 0 Å². The van der Waals surface area contributed by atoms with Crippen LogP contribution >= 0.6 is 0 Å². The molecule has 0 saturated carbocycles. The van der Waals surface area contributed by atoms with Gasteiger partial charge in [0.05, 0.1) is 0 Å². The van der Waals surface area contributed by atoms with Crippen molar-refractivity contribution in [3.05, 3.63) is 29.8 Å². The Bertz CT molecular complexity index is 457. The van der Waals surface area contributed by atoms with Crippen molar-refractivity contribution in [1.29, 1.82) is 0 Å². The zero-order valence-electron chi connectivity index (χ0n) is 12.8. The van der Waals surface area contributed by atoms with Crippen LogP contribution in [0, 0.1) is 0 Å². The van der Waals surface area contributed by atoms with Crippen LogP contribution in [-0.4, -0.2) is 24.9 Å². The summed E-state index contributed by atoms with van der Waals surface area (Å²) >= 11 is 0. The van der Waals surface area contributed by atoms with Gasteiger partial charge in [0, 0.05) is 31.6 Å². The maximum atomic E-state index is 11.8. The van der Waals surface area contributed by atoms with Crippen LogP contribution in [0.5, 0.6) is 0 Å². The molecular formula is C16H25N3O2. The van der Waals surface area contributed by atoms with Crippen molar-refractivity contribution in [3.8, 4) is 0 Å². The molecule has 5 heteroatoms. The van der Waals surface area contributed by atoms with E-state index in [1.165, 1.54) is 0 Å². The highest BCUT2D eigenvalue weighted by molar-refractivity contribution is 5.79. The summed E-state index contributed by atoms with van der Waals surface area (Å²) in [5, 5.41) is 5.55. The first-order chi connectivity index (χ1) is 10.0. The fourth-order valence-corrected chi connectivity index (χ4v) is 1.96. The lowest BCUT2D eigenvalue weighted by atomic mass is 9.97. The lowest BCUT2D eigenvalue weighted by molar-refractivity contribution is -0.122. The molecule has 1 aromatic carbocycles. The third kappa shape index (κ3) is 6.79. The van der Waals surface area contributed by atoms with Crippen LogP contribution in [0.3, 0.4) is 0 Å². The summed E-state index contributed by atoms with van der Waals surface area (Å²) in [6.45, 7) is 5.06. The number of amides is 2. The number of rotatable bonds is 8. The number of benzene rings is 1. The molecule has 2 amide bonds. The third-order valence-corrected chi connectivity index (χ3v) is 3.24. The van der Waals surface area contributed by atoms with Gasteiger partial charge in [0.25, 0.3) is 0 Å². The first-order valence-electron chi connectivity index (χ1n) is 7.41. The van der Waals surface area contributed by atoms with Gasteiger partial charge in [-0.15, -0.1) is 0 Å². The fourth-order valence-electron chi connectivity index (χ4n) is 1.96. The van der Waals surface area contributed by atoms with Crippen LogP contribution < -0.4 is 16.4 Å². The van der Waals surface area contributed by atoms with Crippen molar-refractivity contribution in [2.75, 3.05) is 18.8 Å². The van der Waals surface area contributed by atoms with Crippen LogP contribution in [0.25, 0.3) is 0 Å². The quantitative estimate of drug-likeness (QED) is 0.638. The van der Waals surface area contributed by atoms with E-state index in [1.54, 1.807) is 0 Å². The van der Waals surface area contributed by atoms with Crippen LogP contribution in [0.2, 0.25) is 0 Å². The van der Waals surface area contributed by atoms with Gasteiger partial charge in [-0.1, -0.05) is 26.0 Å². The van der Waals surface area contributed by atoms with Crippen molar-refractivity contribution in [2.24, 2.45) is 0 Å². The number of anilines is 1. The standard InChI is InChI=1S/C16H25N3O2/c1-3-9-18-15(20)8-10-19-16(21)11-12(2)13-4-6-14(17)7-5-13/h4-7,12H,3,8-11,17H2,1-2H3,(H,18,20)(H,19,21). The molecule has 1 aromatic rings. The molecule has 0 bridgehead atoms. The van der Waals surface area contributed by atoms with E-state index in [0.717, 1.165) is 12.0 Å². The van der Waals surface area contributed by atoms with E-state index in [-0.39, 0.29) is 17.7 Å². The van der Waals surface area contributed by atoms with Crippen molar-refractivity contribution in [1.82, 2.24) is 10.6 Å². The van der Waals surface area contributed by atoms with E-state index in [4.69, 9.17) is 5.73 Å². The molecule has 0 aliphatic carbocycles. The largest absolute Gasteiger partial charge is 0.399 e. The Kier molecular flexibility index (Phi) is 7.29. The van der Waals surface area contributed by atoms with Gasteiger partial charge in [0.15, 0.2) is 0 Å². The minimum absolute atomic E-state index is 0.0243. The van der Waals surface area contributed by atoms with Crippen molar-refractivity contribution < 1.29 is 9.59 Å². The second-order valence-electron chi connectivity index (χ2n) is 5.22. The first-order valence-corrected chi connectivity index (χ1v) is 7.41. The first kappa shape index (κ1) is 17.0. The van der Waals surface area contributed by atoms with Crippen LogP contribution in [0.15, 0.2) is 24.3 Å². The van der Waals surface area contributed by atoms with Crippen LogP contribution in [-0.2, 0) is 9.59 Å². The highest BCUT2D eigenvalue weighted by atomic mass is 16.2. The van der Waals surface area contributed by atoms with E-state index in [1.807, 2.05) is 38.1 Å². The molecule has 0 heterocycles. The van der Waals surface area contributed by atoms with E-state index < -0.39 is 0 Å². The Morgan fingerprint density at radius 3 is 2.33 bits per heavy atom. The van der Waals surface area contributed by atoms with E-state index in [9.17, 15) is 9.59 Å². The van der Waals surface area contributed by atoms with Gasteiger partial charge in [-0.25, -0.2) is 0 Å². The maximum absolute atomic E-state index is 11.8.